The lowest BCUT2D eigenvalue weighted by molar-refractivity contribution is -0.144. The molecule has 1 aliphatic rings. The lowest BCUT2D eigenvalue weighted by Gasteiger charge is -2.13. The van der Waals surface area contributed by atoms with Crippen LogP contribution in [0.4, 0.5) is 0 Å². The predicted molar refractivity (Wildman–Crippen MR) is 59.5 cm³/mol. The third kappa shape index (κ3) is 2.86. The van der Waals surface area contributed by atoms with Gasteiger partial charge in [0.2, 0.25) is 5.76 Å². The van der Waals surface area contributed by atoms with E-state index in [1.807, 2.05) is 30.3 Å². The molecule has 0 N–H and O–H groups in total. The number of carbonyl (C=O) groups excluding carboxylic acids is 1. The normalized spacial score (nSPS) is 14.9. The van der Waals surface area contributed by atoms with E-state index in [0.717, 1.165) is 18.4 Å². The molecule has 0 unspecified atom stereocenters. The summed E-state index contributed by atoms with van der Waals surface area (Å²) < 4.78 is 10.4. The van der Waals surface area contributed by atoms with Crippen molar-refractivity contribution in [1.82, 2.24) is 0 Å². The van der Waals surface area contributed by atoms with Crippen molar-refractivity contribution in [1.29, 1.82) is 0 Å². The van der Waals surface area contributed by atoms with Gasteiger partial charge < -0.3 is 9.47 Å². The average molecular weight is 218 g/mol. The Hall–Kier alpha value is -1.77. The first-order chi connectivity index (χ1) is 7.86. The number of hydrogen-bond acceptors (Lipinski definition) is 3. The van der Waals surface area contributed by atoms with E-state index in [-0.39, 0.29) is 5.97 Å². The molecule has 3 heteroatoms. The molecule has 0 spiro atoms. The summed E-state index contributed by atoms with van der Waals surface area (Å²) in [5.41, 5.74) is 0.979. The summed E-state index contributed by atoms with van der Waals surface area (Å²) in [5.74, 6) is -0.0225. The molecule has 0 aliphatic carbocycles. The van der Waals surface area contributed by atoms with Crippen LogP contribution in [0.2, 0.25) is 0 Å². The van der Waals surface area contributed by atoms with Gasteiger partial charge in [-0.05, 0) is 24.5 Å². The minimum Gasteiger partial charge on any atom is -0.487 e. The van der Waals surface area contributed by atoms with E-state index in [9.17, 15) is 4.79 Å². The average Bonchev–Trinajstić information content (AvgIpc) is 2.38. The molecule has 1 aromatic carbocycles. The molecule has 0 saturated heterocycles. The summed E-state index contributed by atoms with van der Waals surface area (Å²) in [7, 11) is 0. The fourth-order valence-electron chi connectivity index (χ4n) is 1.49. The molecular weight excluding hydrogens is 204 g/mol. The fourth-order valence-corrected chi connectivity index (χ4v) is 1.49. The maximum atomic E-state index is 11.6. The highest BCUT2D eigenvalue weighted by atomic mass is 16.6. The quantitative estimate of drug-likeness (QED) is 0.731. The van der Waals surface area contributed by atoms with Crippen LogP contribution in [0.15, 0.2) is 42.2 Å². The van der Waals surface area contributed by atoms with Crippen molar-refractivity contribution in [3.8, 4) is 0 Å². The Balaban J connectivity index is 1.86. The van der Waals surface area contributed by atoms with Crippen molar-refractivity contribution >= 4 is 5.97 Å². The van der Waals surface area contributed by atoms with E-state index in [2.05, 4.69) is 0 Å². The third-order valence-corrected chi connectivity index (χ3v) is 2.35. The number of benzene rings is 1. The van der Waals surface area contributed by atoms with E-state index in [1.165, 1.54) is 0 Å². The number of ether oxygens (including phenoxy) is 2. The molecule has 1 aliphatic heterocycles. The summed E-state index contributed by atoms with van der Waals surface area (Å²) in [5, 5.41) is 0. The Labute approximate surface area is 94.7 Å². The van der Waals surface area contributed by atoms with Gasteiger partial charge in [-0.25, -0.2) is 4.79 Å². The van der Waals surface area contributed by atoms with Gasteiger partial charge in [0.1, 0.15) is 6.61 Å². The highest BCUT2D eigenvalue weighted by Crippen LogP contribution is 2.12. The Bertz CT molecular complexity index is 381. The summed E-state index contributed by atoms with van der Waals surface area (Å²) in [6, 6.07) is 9.60. The zero-order chi connectivity index (χ0) is 11.2. The van der Waals surface area contributed by atoms with Crippen LogP contribution in [0, 0.1) is 0 Å². The molecule has 84 valence electrons. The SMILES string of the molecule is O=C(OCc1ccccc1)C1=CCCCO1. The summed E-state index contributed by atoms with van der Waals surface area (Å²) in [6.45, 7) is 0.895. The van der Waals surface area contributed by atoms with Gasteiger partial charge in [0.05, 0.1) is 6.61 Å². The molecule has 0 fully saturated rings. The first kappa shape index (κ1) is 10.7. The molecule has 3 nitrogen and oxygen atoms in total. The Kier molecular flexibility index (Phi) is 3.59. The van der Waals surface area contributed by atoms with Gasteiger partial charge >= 0.3 is 5.97 Å². The third-order valence-electron chi connectivity index (χ3n) is 2.35. The van der Waals surface area contributed by atoms with Crippen LogP contribution in [-0.2, 0) is 20.9 Å². The standard InChI is InChI=1S/C13H14O3/c14-13(12-8-4-5-9-15-12)16-10-11-6-2-1-3-7-11/h1-3,6-8H,4-5,9-10H2. The highest BCUT2D eigenvalue weighted by Gasteiger charge is 2.14. The molecule has 16 heavy (non-hydrogen) atoms. The topological polar surface area (TPSA) is 35.5 Å². The van der Waals surface area contributed by atoms with Crippen molar-refractivity contribution in [3.05, 3.63) is 47.7 Å². The number of esters is 1. The van der Waals surface area contributed by atoms with E-state index in [4.69, 9.17) is 9.47 Å². The smallest absolute Gasteiger partial charge is 0.373 e. The predicted octanol–water partition coefficient (Wildman–Crippen LogP) is 2.42. The zero-order valence-corrected chi connectivity index (χ0v) is 9.02. The molecule has 2 rings (SSSR count). The van der Waals surface area contributed by atoms with E-state index in [0.29, 0.717) is 19.0 Å². The fraction of sp³-hybridized carbons (Fsp3) is 0.308. The van der Waals surface area contributed by atoms with Gasteiger partial charge in [0, 0.05) is 0 Å². The Morgan fingerprint density at radius 3 is 2.81 bits per heavy atom. The van der Waals surface area contributed by atoms with E-state index in [1.54, 1.807) is 6.08 Å². The molecular formula is C13H14O3. The van der Waals surface area contributed by atoms with Gasteiger partial charge in [-0.1, -0.05) is 30.3 Å². The van der Waals surface area contributed by atoms with Crippen LogP contribution in [-0.4, -0.2) is 12.6 Å². The monoisotopic (exact) mass is 218 g/mol. The van der Waals surface area contributed by atoms with Crippen molar-refractivity contribution in [2.45, 2.75) is 19.4 Å². The number of hydrogen-bond donors (Lipinski definition) is 0. The second-order valence-electron chi connectivity index (χ2n) is 3.62. The van der Waals surface area contributed by atoms with Crippen LogP contribution < -0.4 is 0 Å². The lowest BCUT2D eigenvalue weighted by atomic mass is 10.2. The van der Waals surface area contributed by atoms with Crippen molar-refractivity contribution < 1.29 is 14.3 Å². The first-order valence-corrected chi connectivity index (χ1v) is 5.40. The van der Waals surface area contributed by atoms with Gasteiger partial charge in [0.15, 0.2) is 0 Å². The minimum atomic E-state index is -0.372. The van der Waals surface area contributed by atoms with E-state index >= 15 is 0 Å². The number of allylic oxidation sites excluding steroid dienone is 1. The molecule has 1 heterocycles. The van der Waals surface area contributed by atoms with Crippen LogP contribution in [0.1, 0.15) is 18.4 Å². The van der Waals surface area contributed by atoms with Crippen LogP contribution in [0.3, 0.4) is 0 Å². The van der Waals surface area contributed by atoms with Crippen LogP contribution >= 0.6 is 0 Å². The number of rotatable bonds is 3. The molecule has 0 atom stereocenters. The molecule has 0 aromatic heterocycles. The highest BCUT2D eigenvalue weighted by molar-refractivity contribution is 5.86. The molecule has 0 saturated carbocycles. The van der Waals surface area contributed by atoms with Crippen molar-refractivity contribution in [3.63, 3.8) is 0 Å². The van der Waals surface area contributed by atoms with Gasteiger partial charge in [0.25, 0.3) is 0 Å². The lowest BCUT2D eigenvalue weighted by Crippen LogP contribution is -2.13. The Morgan fingerprint density at radius 2 is 2.12 bits per heavy atom. The summed E-state index contributed by atoms with van der Waals surface area (Å²) >= 11 is 0. The molecule has 0 amide bonds. The first-order valence-electron chi connectivity index (χ1n) is 5.40. The van der Waals surface area contributed by atoms with Crippen LogP contribution in [0.25, 0.3) is 0 Å². The van der Waals surface area contributed by atoms with Crippen LogP contribution in [0.5, 0.6) is 0 Å². The molecule has 1 aromatic rings. The van der Waals surface area contributed by atoms with E-state index < -0.39 is 0 Å². The zero-order valence-electron chi connectivity index (χ0n) is 9.02. The minimum absolute atomic E-state index is 0.292. The Morgan fingerprint density at radius 1 is 1.31 bits per heavy atom. The summed E-state index contributed by atoms with van der Waals surface area (Å²) in [4.78, 5) is 11.6. The second kappa shape index (κ2) is 5.35. The maximum Gasteiger partial charge on any atom is 0.373 e. The van der Waals surface area contributed by atoms with Gasteiger partial charge in [-0.2, -0.15) is 0 Å². The second-order valence-corrected chi connectivity index (χ2v) is 3.62. The maximum absolute atomic E-state index is 11.6. The van der Waals surface area contributed by atoms with Gasteiger partial charge in [-0.3, -0.25) is 0 Å². The number of carbonyl (C=O) groups is 1. The molecule has 0 radical (unpaired) electrons. The van der Waals surface area contributed by atoms with Crippen molar-refractivity contribution in [2.75, 3.05) is 6.61 Å². The largest absolute Gasteiger partial charge is 0.487 e. The summed E-state index contributed by atoms with van der Waals surface area (Å²) in [6.07, 6.45) is 3.64. The molecule has 0 bridgehead atoms. The van der Waals surface area contributed by atoms with Crippen molar-refractivity contribution in [2.24, 2.45) is 0 Å². The van der Waals surface area contributed by atoms with Gasteiger partial charge in [-0.15, -0.1) is 0 Å².